The Kier molecular flexibility index (Phi) is 7.36. The van der Waals surface area contributed by atoms with Crippen LogP contribution in [0.25, 0.3) is 0 Å². The van der Waals surface area contributed by atoms with Crippen molar-refractivity contribution >= 4 is 40.5 Å². The van der Waals surface area contributed by atoms with Gasteiger partial charge in [0, 0.05) is 23.3 Å². The molecule has 0 aliphatic rings. The van der Waals surface area contributed by atoms with Crippen LogP contribution in [0.1, 0.15) is 25.8 Å². The predicted octanol–water partition coefficient (Wildman–Crippen LogP) is 6.15. The van der Waals surface area contributed by atoms with Crippen molar-refractivity contribution in [3.05, 3.63) is 44.9 Å². The average molecular weight is 405 g/mol. The molecule has 2 aromatic carbocycles. The molecule has 0 unspecified atom stereocenters. The van der Waals surface area contributed by atoms with E-state index in [1.54, 1.807) is 18.2 Å². The van der Waals surface area contributed by atoms with Crippen molar-refractivity contribution in [1.82, 2.24) is 0 Å². The third-order valence-corrected chi connectivity index (χ3v) is 4.30. The SMILES string of the molecule is CCCOc1cc(Cl)c(CNc2cc(Cl)c(O)c(Cl)c2)cc1OCC. The zero-order chi connectivity index (χ0) is 18.4. The summed E-state index contributed by atoms with van der Waals surface area (Å²) in [7, 11) is 0. The molecule has 25 heavy (non-hydrogen) atoms. The Bertz CT molecular complexity index is 715. The Balaban J connectivity index is 2.20. The zero-order valence-corrected chi connectivity index (χ0v) is 16.3. The van der Waals surface area contributed by atoms with Gasteiger partial charge in [-0.15, -0.1) is 0 Å². The van der Waals surface area contributed by atoms with E-state index in [0.717, 1.165) is 12.0 Å². The quantitative estimate of drug-likeness (QED) is 0.518. The number of hydrogen-bond donors (Lipinski definition) is 2. The lowest BCUT2D eigenvalue weighted by Crippen LogP contribution is -2.04. The standard InChI is InChI=1S/C18H20Cl3NO3/c1-3-5-25-17-9-13(19)11(6-16(17)24-4-2)10-22-12-7-14(20)18(23)15(21)8-12/h6-9,22-23H,3-5,10H2,1-2H3. The summed E-state index contributed by atoms with van der Waals surface area (Å²) < 4.78 is 11.3. The summed E-state index contributed by atoms with van der Waals surface area (Å²) in [6, 6.07) is 6.81. The van der Waals surface area contributed by atoms with Crippen LogP contribution in [0, 0.1) is 0 Å². The number of aromatic hydroxyl groups is 1. The number of benzene rings is 2. The first-order valence-electron chi connectivity index (χ1n) is 7.96. The summed E-state index contributed by atoms with van der Waals surface area (Å²) in [6.07, 6.45) is 0.898. The fourth-order valence-corrected chi connectivity index (χ4v) is 2.88. The number of hydrogen-bond acceptors (Lipinski definition) is 4. The summed E-state index contributed by atoms with van der Waals surface area (Å²) >= 11 is 18.2. The second-order valence-corrected chi connectivity index (χ2v) is 6.54. The van der Waals surface area contributed by atoms with Crippen LogP contribution >= 0.6 is 34.8 Å². The van der Waals surface area contributed by atoms with Crippen LogP contribution < -0.4 is 14.8 Å². The zero-order valence-electron chi connectivity index (χ0n) is 14.0. The molecule has 2 N–H and O–H groups in total. The third kappa shape index (κ3) is 5.24. The van der Waals surface area contributed by atoms with Gasteiger partial charge < -0.3 is 19.9 Å². The maximum atomic E-state index is 9.61. The van der Waals surface area contributed by atoms with Crippen molar-refractivity contribution in [2.24, 2.45) is 0 Å². The fourth-order valence-electron chi connectivity index (χ4n) is 2.17. The third-order valence-electron chi connectivity index (χ3n) is 3.37. The lowest BCUT2D eigenvalue weighted by molar-refractivity contribution is 0.276. The summed E-state index contributed by atoms with van der Waals surface area (Å²) in [5.74, 6) is 1.15. The van der Waals surface area contributed by atoms with Gasteiger partial charge in [-0.25, -0.2) is 0 Å². The largest absolute Gasteiger partial charge is 0.505 e. The van der Waals surface area contributed by atoms with E-state index in [1.807, 2.05) is 19.9 Å². The molecule has 0 saturated carbocycles. The van der Waals surface area contributed by atoms with Crippen LogP contribution in [-0.4, -0.2) is 18.3 Å². The van der Waals surface area contributed by atoms with Crippen molar-refractivity contribution in [3.63, 3.8) is 0 Å². The van der Waals surface area contributed by atoms with Crippen LogP contribution in [0.3, 0.4) is 0 Å². The Morgan fingerprint density at radius 3 is 2.16 bits per heavy atom. The van der Waals surface area contributed by atoms with Crippen molar-refractivity contribution in [2.45, 2.75) is 26.8 Å². The molecule has 0 radical (unpaired) electrons. The van der Waals surface area contributed by atoms with Gasteiger partial charge >= 0.3 is 0 Å². The molecule has 0 heterocycles. The van der Waals surface area contributed by atoms with E-state index in [2.05, 4.69) is 5.32 Å². The van der Waals surface area contributed by atoms with Crippen LogP contribution in [0.5, 0.6) is 17.2 Å². The van der Waals surface area contributed by atoms with Gasteiger partial charge in [-0.2, -0.15) is 0 Å². The monoisotopic (exact) mass is 403 g/mol. The molecule has 0 aromatic heterocycles. The lowest BCUT2D eigenvalue weighted by Gasteiger charge is -2.15. The molecule has 2 rings (SSSR count). The minimum absolute atomic E-state index is 0.136. The highest BCUT2D eigenvalue weighted by Gasteiger charge is 2.12. The van der Waals surface area contributed by atoms with Gasteiger partial charge in [-0.3, -0.25) is 0 Å². The van der Waals surface area contributed by atoms with E-state index >= 15 is 0 Å². The number of halogens is 3. The number of rotatable bonds is 8. The van der Waals surface area contributed by atoms with E-state index in [0.29, 0.717) is 42.0 Å². The minimum atomic E-state index is -0.136. The first-order chi connectivity index (χ1) is 12.0. The van der Waals surface area contributed by atoms with Crippen LogP contribution in [0.15, 0.2) is 24.3 Å². The van der Waals surface area contributed by atoms with E-state index in [-0.39, 0.29) is 15.8 Å². The molecule has 2 aromatic rings. The second-order valence-electron chi connectivity index (χ2n) is 5.31. The summed E-state index contributed by atoms with van der Waals surface area (Å²) in [5, 5.41) is 13.7. The Morgan fingerprint density at radius 2 is 1.56 bits per heavy atom. The van der Waals surface area contributed by atoms with Crippen molar-refractivity contribution < 1.29 is 14.6 Å². The molecule has 0 aliphatic heterocycles. The molecule has 0 amide bonds. The van der Waals surface area contributed by atoms with Gasteiger partial charge in [0.15, 0.2) is 17.2 Å². The van der Waals surface area contributed by atoms with E-state index in [1.165, 1.54) is 0 Å². The predicted molar refractivity (Wildman–Crippen MR) is 104 cm³/mol. The highest BCUT2D eigenvalue weighted by atomic mass is 35.5. The van der Waals surface area contributed by atoms with Gasteiger partial charge in [0.25, 0.3) is 0 Å². The highest BCUT2D eigenvalue weighted by Crippen LogP contribution is 2.36. The fraction of sp³-hybridized carbons (Fsp3) is 0.333. The summed E-state index contributed by atoms with van der Waals surface area (Å²) in [6.45, 7) is 5.51. The average Bonchev–Trinajstić information content (AvgIpc) is 2.58. The first kappa shape index (κ1) is 19.8. The molecule has 7 heteroatoms. The topological polar surface area (TPSA) is 50.7 Å². The van der Waals surface area contributed by atoms with E-state index in [4.69, 9.17) is 44.3 Å². The molecule has 0 aliphatic carbocycles. The van der Waals surface area contributed by atoms with E-state index < -0.39 is 0 Å². The maximum Gasteiger partial charge on any atom is 0.162 e. The van der Waals surface area contributed by atoms with Crippen molar-refractivity contribution in [2.75, 3.05) is 18.5 Å². The summed E-state index contributed by atoms with van der Waals surface area (Å²) in [5.41, 5.74) is 1.52. The normalized spacial score (nSPS) is 10.6. The number of nitrogens with one attached hydrogen (secondary N) is 1. The van der Waals surface area contributed by atoms with Gasteiger partial charge in [-0.1, -0.05) is 41.7 Å². The number of ether oxygens (including phenoxy) is 2. The number of anilines is 1. The molecule has 0 spiro atoms. The van der Waals surface area contributed by atoms with Gasteiger partial charge in [0.2, 0.25) is 0 Å². The molecular weight excluding hydrogens is 385 g/mol. The Hall–Kier alpha value is -1.49. The highest BCUT2D eigenvalue weighted by molar-refractivity contribution is 6.37. The van der Waals surface area contributed by atoms with Gasteiger partial charge in [0.05, 0.1) is 23.3 Å². The van der Waals surface area contributed by atoms with Crippen LogP contribution in [0.4, 0.5) is 5.69 Å². The second kappa shape index (κ2) is 9.27. The van der Waals surface area contributed by atoms with Crippen molar-refractivity contribution in [3.8, 4) is 17.2 Å². The molecule has 0 bridgehead atoms. The van der Waals surface area contributed by atoms with Crippen LogP contribution in [0.2, 0.25) is 15.1 Å². The summed E-state index contributed by atoms with van der Waals surface area (Å²) in [4.78, 5) is 0. The van der Waals surface area contributed by atoms with Gasteiger partial charge in [0.1, 0.15) is 0 Å². The molecule has 0 saturated heterocycles. The molecular formula is C18H20Cl3NO3. The minimum Gasteiger partial charge on any atom is -0.505 e. The van der Waals surface area contributed by atoms with E-state index in [9.17, 15) is 5.11 Å². The van der Waals surface area contributed by atoms with Crippen LogP contribution in [-0.2, 0) is 6.54 Å². The maximum absolute atomic E-state index is 9.61. The number of phenolic OH excluding ortho intramolecular Hbond substituents is 1. The lowest BCUT2D eigenvalue weighted by atomic mass is 10.2. The molecule has 0 fully saturated rings. The number of phenols is 1. The van der Waals surface area contributed by atoms with Gasteiger partial charge in [-0.05, 0) is 37.1 Å². The first-order valence-corrected chi connectivity index (χ1v) is 9.09. The Labute approximate surface area is 162 Å². The molecule has 136 valence electrons. The smallest absolute Gasteiger partial charge is 0.162 e. The Morgan fingerprint density at radius 1 is 0.920 bits per heavy atom. The molecule has 4 nitrogen and oxygen atoms in total. The van der Waals surface area contributed by atoms with Crippen molar-refractivity contribution in [1.29, 1.82) is 0 Å². The molecule has 0 atom stereocenters.